The molecule has 120 valence electrons. The number of nitrogens with zero attached hydrogens (tertiary/aromatic N) is 2. The number of aromatic hydroxyl groups is 1. The maximum absolute atomic E-state index is 13.4. The summed E-state index contributed by atoms with van der Waals surface area (Å²) in [4.78, 5) is 0. The van der Waals surface area contributed by atoms with Crippen LogP contribution in [-0.2, 0) is 0 Å². The Labute approximate surface area is 130 Å². The molecule has 2 aromatic carbocycles. The molecule has 0 spiro atoms. The number of aliphatic hydroxyl groups is 1. The third-order valence-corrected chi connectivity index (χ3v) is 3.65. The van der Waals surface area contributed by atoms with E-state index in [1.165, 1.54) is 24.3 Å². The average molecular weight is 322 g/mol. The number of alkyl halides is 3. The van der Waals surface area contributed by atoms with Crippen molar-refractivity contribution in [1.82, 2.24) is 0 Å². The maximum atomic E-state index is 13.4. The predicted molar refractivity (Wildman–Crippen MR) is 79.2 cm³/mol. The molecule has 0 saturated carbocycles. The van der Waals surface area contributed by atoms with Crippen molar-refractivity contribution in [2.24, 2.45) is 5.10 Å². The maximum Gasteiger partial charge on any atom is 0.438 e. The third-order valence-electron chi connectivity index (χ3n) is 3.65. The molecule has 1 aliphatic rings. The summed E-state index contributed by atoms with van der Waals surface area (Å²) in [6.45, 7) is 0. The third kappa shape index (κ3) is 2.53. The number of phenolic OH excluding ortho intramolecular Hbond substituents is 1. The van der Waals surface area contributed by atoms with Crippen molar-refractivity contribution in [1.29, 1.82) is 0 Å². The highest BCUT2D eigenvalue weighted by Crippen LogP contribution is 2.44. The molecule has 2 N–H and O–H groups in total. The highest BCUT2D eigenvalue weighted by Gasteiger charge is 2.62. The van der Waals surface area contributed by atoms with E-state index in [4.69, 9.17) is 0 Å². The van der Waals surface area contributed by atoms with Gasteiger partial charge in [-0.3, -0.25) is 0 Å². The van der Waals surface area contributed by atoms with Crippen LogP contribution in [0.15, 0.2) is 59.7 Å². The van der Waals surface area contributed by atoms with Crippen LogP contribution in [0.4, 0.5) is 18.9 Å². The lowest BCUT2D eigenvalue weighted by molar-refractivity contribution is -0.254. The van der Waals surface area contributed by atoms with E-state index in [-0.39, 0.29) is 22.7 Å². The van der Waals surface area contributed by atoms with E-state index in [1.54, 1.807) is 30.3 Å². The van der Waals surface area contributed by atoms with E-state index in [0.717, 1.165) is 0 Å². The fourth-order valence-electron chi connectivity index (χ4n) is 2.47. The van der Waals surface area contributed by atoms with Crippen molar-refractivity contribution < 1.29 is 23.4 Å². The van der Waals surface area contributed by atoms with E-state index in [2.05, 4.69) is 5.10 Å². The highest BCUT2D eigenvalue weighted by molar-refractivity contribution is 6.05. The predicted octanol–water partition coefficient (Wildman–Crippen LogP) is 3.26. The number of halogens is 3. The summed E-state index contributed by atoms with van der Waals surface area (Å²) in [5.41, 5.74) is -2.93. The van der Waals surface area contributed by atoms with E-state index in [9.17, 15) is 23.4 Å². The van der Waals surface area contributed by atoms with Gasteiger partial charge in [0.15, 0.2) is 0 Å². The minimum absolute atomic E-state index is 0.0354. The quantitative estimate of drug-likeness (QED) is 0.892. The smallest absolute Gasteiger partial charge is 0.438 e. The number of rotatable bonds is 2. The zero-order valence-electron chi connectivity index (χ0n) is 11.8. The summed E-state index contributed by atoms with van der Waals surface area (Å²) in [6, 6.07) is 13.6. The molecule has 1 atom stereocenters. The molecule has 7 heteroatoms. The fourth-order valence-corrected chi connectivity index (χ4v) is 2.47. The minimum Gasteiger partial charge on any atom is -0.507 e. The Bertz CT molecular complexity index is 746. The number of benzene rings is 2. The first-order valence-electron chi connectivity index (χ1n) is 6.83. The van der Waals surface area contributed by atoms with Gasteiger partial charge in [0.2, 0.25) is 0 Å². The topological polar surface area (TPSA) is 56.1 Å². The van der Waals surface area contributed by atoms with Gasteiger partial charge in [0, 0.05) is 5.56 Å². The molecule has 4 nitrogen and oxygen atoms in total. The average Bonchev–Trinajstić information content (AvgIpc) is 2.87. The molecule has 0 radical (unpaired) electrons. The van der Waals surface area contributed by atoms with Crippen LogP contribution in [-0.4, -0.2) is 27.8 Å². The largest absolute Gasteiger partial charge is 0.507 e. The summed E-state index contributed by atoms with van der Waals surface area (Å²) in [5.74, 6) is -0.189. The highest BCUT2D eigenvalue weighted by atomic mass is 19.4. The molecule has 0 amide bonds. The van der Waals surface area contributed by atoms with Crippen LogP contribution in [0, 0.1) is 0 Å². The van der Waals surface area contributed by atoms with Gasteiger partial charge in [-0.2, -0.15) is 18.3 Å². The SMILES string of the molecule is Oc1ccccc1C1=NN(c2ccccc2)[C@@](O)(C(F)(F)F)C1. The number of phenols is 1. The second-order valence-corrected chi connectivity index (χ2v) is 5.20. The van der Waals surface area contributed by atoms with Gasteiger partial charge < -0.3 is 10.2 Å². The Morgan fingerprint density at radius 1 is 1.00 bits per heavy atom. The van der Waals surface area contributed by atoms with Crippen molar-refractivity contribution in [3.8, 4) is 5.75 Å². The summed E-state index contributed by atoms with van der Waals surface area (Å²) in [6.07, 6.45) is -5.69. The molecular weight excluding hydrogens is 309 g/mol. The number of para-hydroxylation sites is 2. The minimum atomic E-state index is -4.92. The first kappa shape index (κ1) is 15.4. The Hall–Kier alpha value is -2.54. The number of hydrazone groups is 1. The summed E-state index contributed by atoms with van der Waals surface area (Å²) in [7, 11) is 0. The molecule has 0 unspecified atom stereocenters. The van der Waals surface area contributed by atoms with Crippen molar-refractivity contribution >= 4 is 11.4 Å². The second kappa shape index (κ2) is 5.27. The molecular formula is C16H13F3N2O2. The summed E-state index contributed by atoms with van der Waals surface area (Å²) < 4.78 is 40.3. The van der Waals surface area contributed by atoms with Gasteiger partial charge in [-0.25, -0.2) is 5.01 Å². The van der Waals surface area contributed by atoms with Crippen LogP contribution in [0.2, 0.25) is 0 Å². The normalized spacial score (nSPS) is 21.4. The second-order valence-electron chi connectivity index (χ2n) is 5.20. The van der Waals surface area contributed by atoms with Crippen molar-refractivity contribution in [2.75, 3.05) is 5.01 Å². The zero-order valence-corrected chi connectivity index (χ0v) is 11.8. The van der Waals surface area contributed by atoms with Gasteiger partial charge in [-0.15, -0.1) is 0 Å². The monoisotopic (exact) mass is 322 g/mol. The van der Waals surface area contributed by atoms with E-state index >= 15 is 0 Å². The lowest BCUT2D eigenvalue weighted by atomic mass is 10.00. The van der Waals surface area contributed by atoms with Crippen LogP contribution in [0.25, 0.3) is 0 Å². The van der Waals surface area contributed by atoms with Crippen molar-refractivity contribution in [3.05, 3.63) is 60.2 Å². The Morgan fingerprint density at radius 2 is 1.61 bits per heavy atom. The van der Waals surface area contributed by atoms with Crippen molar-refractivity contribution in [3.63, 3.8) is 0 Å². The molecule has 23 heavy (non-hydrogen) atoms. The van der Waals surface area contributed by atoms with Crippen LogP contribution in [0.3, 0.4) is 0 Å². The molecule has 0 bridgehead atoms. The molecule has 3 rings (SSSR count). The molecule has 1 heterocycles. The summed E-state index contributed by atoms with van der Waals surface area (Å²) >= 11 is 0. The molecule has 1 aliphatic heterocycles. The number of anilines is 1. The number of hydrogen-bond donors (Lipinski definition) is 2. The van der Waals surface area contributed by atoms with E-state index < -0.39 is 18.3 Å². The molecule has 0 aromatic heterocycles. The number of hydrogen-bond acceptors (Lipinski definition) is 4. The van der Waals surface area contributed by atoms with Crippen LogP contribution < -0.4 is 5.01 Å². The lowest BCUT2D eigenvalue weighted by Crippen LogP contribution is -2.55. The zero-order chi connectivity index (χ0) is 16.7. The van der Waals surface area contributed by atoms with Crippen LogP contribution in [0.5, 0.6) is 5.75 Å². The van der Waals surface area contributed by atoms with Gasteiger partial charge in [-0.05, 0) is 24.3 Å². The van der Waals surface area contributed by atoms with E-state index in [1.807, 2.05) is 0 Å². The Kier molecular flexibility index (Phi) is 3.52. The first-order chi connectivity index (χ1) is 10.8. The Balaban J connectivity index is 2.11. The fraction of sp³-hybridized carbons (Fsp3) is 0.188. The van der Waals surface area contributed by atoms with Gasteiger partial charge in [0.05, 0.1) is 17.8 Å². The van der Waals surface area contributed by atoms with Gasteiger partial charge in [-0.1, -0.05) is 30.3 Å². The molecule has 0 saturated heterocycles. The van der Waals surface area contributed by atoms with Gasteiger partial charge >= 0.3 is 6.18 Å². The van der Waals surface area contributed by atoms with Gasteiger partial charge in [0.25, 0.3) is 5.72 Å². The molecule has 2 aromatic rings. The lowest BCUT2D eigenvalue weighted by Gasteiger charge is -2.34. The van der Waals surface area contributed by atoms with Crippen LogP contribution >= 0.6 is 0 Å². The molecule has 0 fully saturated rings. The summed E-state index contributed by atoms with van der Waals surface area (Å²) in [5, 5.41) is 24.6. The molecule has 0 aliphatic carbocycles. The standard InChI is InChI=1S/C16H13F3N2O2/c17-16(18,19)15(23)10-13(12-8-4-5-9-14(12)22)20-21(15)11-6-2-1-3-7-11/h1-9,22-23H,10H2/t15-/m0/s1. The first-order valence-corrected chi connectivity index (χ1v) is 6.83. The van der Waals surface area contributed by atoms with Crippen molar-refractivity contribution in [2.45, 2.75) is 18.3 Å². The Morgan fingerprint density at radius 3 is 2.22 bits per heavy atom. The van der Waals surface area contributed by atoms with E-state index in [0.29, 0.717) is 5.01 Å². The van der Waals surface area contributed by atoms with Gasteiger partial charge in [0.1, 0.15) is 5.75 Å². The van der Waals surface area contributed by atoms with Crippen LogP contribution in [0.1, 0.15) is 12.0 Å².